The normalized spacial score (nSPS) is 14.7. The summed E-state index contributed by atoms with van der Waals surface area (Å²) in [5.41, 5.74) is 6.91. The molecule has 1 aliphatic rings. The summed E-state index contributed by atoms with van der Waals surface area (Å²) in [7, 11) is 0. The van der Waals surface area contributed by atoms with Gasteiger partial charge in [-0.2, -0.15) is 5.26 Å². The van der Waals surface area contributed by atoms with Crippen molar-refractivity contribution in [1.29, 1.82) is 5.26 Å². The van der Waals surface area contributed by atoms with Gasteiger partial charge in [-0.05, 0) is 53.1 Å². The third-order valence-corrected chi connectivity index (χ3v) is 7.33. The Morgan fingerprint density at radius 3 is 2.18 bits per heavy atom. The number of pyridine rings is 1. The molecule has 0 radical (unpaired) electrons. The Morgan fingerprint density at radius 2 is 1.49 bits per heavy atom. The molecule has 0 saturated carbocycles. The van der Waals surface area contributed by atoms with Gasteiger partial charge >= 0.3 is 0 Å². The number of piperazine rings is 1. The van der Waals surface area contributed by atoms with Crippen molar-refractivity contribution >= 4 is 11.6 Å². The summed E-state index contributed by atoms with van der Waals surface area (Å²) in [6.07, 6.45) is 3.22. The maximum absolute atomic E-state index is 13.2. The third kappa shape index (κ3) is 4.91. The number of carbonyl (C=O) groups is 1. The lowest BCUT2D eigenvalue weighted by atomic mass is 10.0. The summed E-state index contributed by atoms with van der Waals surface area (Å²) in [5.74, 6) is 0.00330. The first kappa shape index (κ1) is 24.6. The number of carbonyl (C=O) groups excluding carboxylic acids is 1. The van der Waals surface area contributed by atoms with Gasteiger partial charge in [0.15, 0.2) is 0 Å². The van der Waals surface area contributed by atoms with Gasteiger partial charge in [0.05, 0.1) is 23.5 Å². The number of hydrogen-bond donors (Lipinski definition) is 1. The fraction of sp³-hybridized carbons (Fsp3) is 0.156. The number of fused-ring (bicyclic) bond motifs is 1. The number of hydrogen-bond acceptors (Lipinski definition) is 5. The van der Waals surface area contributed by atoms with Crippen LogP contribution in [0.2, 0.25) is 0 Å². The van der Waals surface area contributed by atoms with Crippen molar-refractivity contribution in [3.8, 4) is 28.5 Å². The highest BCUT2D eigenvalue weighted by Gasteiger charge is 2.26. The van der Waals surface area contributed by atoms with Crippen LogP contribution < -0.4 is 0 Å². The van der Waals surface area contributed by atoms with E-state index < -0.39 is 6.23 Å². The summed E-state index contributed by atoms with van der Waals surface area (Å²) in [5, 5.41) is 19.8. The average Bonchev–Trinajstić information content (AvgIpc) is 3.44. The molecule has 7 nitrogen and oxygen atoms in total. The molecule has 1 unspecified atom stereocenters. The monoisotopic (exact) mass is 513 g/mol. The molecule has 3 aromatic carbocycles. The molecule has 192 valence electrons. The number of rotatable bonds is 5. The third-order valence-electron chi connectivity index (χ3n) is 7.33. The van der Waals surface area contributed by atoms with E-state index in [-0.39, 0.29) is 5.91 Å². The molecule has 1 amide bonds. The topological polar surface area (TPSA) is 84.9 Å². The van der Waals surface area contributed by atoms with E-state index >= 15 is 0 Å². The molecule has 1 fully saturated rings. The summed E-state index contributed by atoms with van der Waals surface area (Å²) in [4.78, 5) is 21.6. The lowest BCUT2D eigenvalue weighted by Gasteiger charge is -2.37. The molecule has 3 heterocycles. The second-order valence-electron chi connectivity index (χ2n) is 9.67. The molecule has 0 bridgehead atoms. The quantitative estimate of drug-likeness (QED) is 0.358. The first-order chi connectivity index (χ1) is 19.1. The van der Waals surface area contributed by atoms with Crippen molar-refractivity contribution in [3.05, 3.63) is 120 Å². The molecule has 6 rings (SSSR count). The molecule has 0 spiro atoms. The van der Waals surface area contributed by atoms with E-state index in [2.05, 4.69) is 11.1 Å². The molecule has 1 aliphatic heterocycles. The Balaban J connectivity index is 1.15. The molecular weight excluding hydrogens is 486 g/mol. The van der Waals surface area contributed by atoms with Crippen LogP contribution in [0.1, 0.15) is 27.7 Å². The van der Waals surface area contributed by atoms with Gasteiger partial charge in [0, 0.05) is 43.5 Å². The molecule has 1 saturated heterocycles. The van der Waals surface area contributed by atoms with Crippen LogP contribution in [0.4, 0.5) is 0 Å². The van der Waals surface area contributed by atoms with Crippen LogP contribution >= 0.6 is 0 Å². The number of aromatic nitrogens is 2. The number of nitrogens with zero attached hydrogens (tertiary/aromatic N) is 5. The predicted molar refractivity (Wildman–Crippen MR) is 150 cm³/mol. The minimum absolute atomic E-state index is 0.00330. The van der Waals surface area contributed by atoms with Crippen LogP contribution in [0.15, 0.2) is 103 Å². The summed E-state index contributed by atoms with van der Waals surface area (Å²) in [6, 6.07) is 30.9. The second-order valence-corrected chi connectivity index (χ2v) is 9.67. The maximum Gasteiger partial charge on any atom is 0.253 e. The largest absolute Gasteiger partial charge is 0.374 e. The van der Waals surface area contributed by atoms with Gasteiger partial charge in [0.1, 0.15) is 11.9 Å². The van der Waals surface area contributed by atoms with Gasteiger partial charge in [-0.15, -0.1) is 0 Å². The smallest absolute Gasteiger partial charge is 0.253 e. The molecule has 2 aromatic heterocycles. The standard InChI is InChI=1S/C32H27N5O2/c33-20-23-6-8-25(9-7-23)29-21-34-30-15-14-28(22-37(29)30)24-10-12-27(13-11-24)32(39)36-18-16-35(17-19-36)31(38)26-4-2-1-3-5-26/h1-15,21-22,31,38H,16-19H2. The fourth-order valence-electron chi connectivity index (χ4n) is 5.07. The molecule has 0 aliphatic carbocycles. The van der Waals surface area contributed by atoms with E-state index in [1.54, 1.807) is 12.1 Å². The van der Waals surface area contributed by atoms with Gasteiger partial charge in [-0.3, -0.25) is 14.1 Å². The highest BCUT2D eigenvalue weighted by atomic mass is 16.3. The lowest BCUT2D eigenvalue weighted by Crippen LogP contribution is -2.49. The number of aliphatic hydroxyl groups is 1. The molecule has 7 heteroatoms. The number of nitriles is 1. The lowest BCUT2D eigenvalue weighted by molar-refractivity contribution is -0.0240. The zero-order valence-corrected chi connectivity index (χ0v) is 21.3. The predicted octanol–water partition coefficient (Wildman–Crippen LogP) is 4.99. The zero-order valence-electron chi connectivity index (χ0n) is 21.3. The Labute approximate surface area is 226 Å². The van der Waals surface area contributed by atoms with E-state index in [4.69, 9.17) is 5.26 Å². The molecule has 5 aromatic rings. The number of amides is 1. The first-order valence-electron chi connectivity index (χ1n) is 12.9. The van der Waals surface area contributed by atoms with Crippen LogP contribution in [-0.4, -0.2) is 56.4 Å². The van der Waals surface area contributed by atoms with Crippen molar-refractivity contribution in [1.82, 2.24) is 19.2 Å². The van der Waals surface area contributed by atoms with Crippen LogP contribution in [0.3, 0.4) is 0 Å². The van der Waals surface area contributed by atoms with Gasteiger partial charge in [-0.1, -0.05) is 54.6 Å². The van der Waals surface area contributed by atoms with E-state index in [0.29, 0.717) is 37.3 Å². The average molecular weight is 514 g/mol. The van der Waals surface area contributed by atoms with Crippen molar-refractivity contribution in [3.63, 3.8) is 0 Å². The minimum Gasteiger partial charge on any atom is -0.374 e. The van der Waals surface area contributed by atoms with Crippen molar-refractivity contribution in [2.24, 2.45) is 0 Å². The molecular formula is C32H27N5O2. The van der Waals surface area contributed by atoms with E-state index in [9.17, 15) is 9.90 Å². The van der Waals surface area contributed by atoms with Crippen LogP contribution in [-0.2, 0) is 0 Å². The minimum atomic E-state index is -0.659. The van der Waals surface area contributed by atoms with Crippen LogP contribution in [0, 0.1) is 11.3 Å². The molecule has 1 atom stereocenters. The van der Waals surface area contributed by atoms with Crippen molar-refractivity contribution in [2.75, 3.05) is 26.2 Å². The number of benzene rings is 3. The Kier molecular flexibility index (Phi) is 6.64. The summed E-state index contributed by atoms with van der Waals surface area (Å²) < 4.78 is 2.04. The van der Waals surface area contributed by atoms with Gasteiger partial charge in [-0.25, -0.2) is 4.98 Å². The van der Waals surface area contributed by atoms with Crippen LogP contribution in [0.5, 0.6) is 0 Å². The number of imidazole rings is 1. The van der Waals surface area contributed by atoms with Crippen LogP contribution in [0.25, 0.3) is 28.0 Å². The Bertz CT molecular complexity index is 1650. The fourth-order valence-corrected chi connectivity index (χ4v) is 5.07. The summed E-state index contributed by atoms with van der Waals surface area (Å²) in [6.45, 7) is 2.37. The summed E-state index contributed by atoms with van der Waals surface area (Å²) >= 11 is 0. The van der Waals surface area contributed by atoms with Gasteiger partial charge in [0.2, 0.25) is 0 Å². The van der Waals surface area contributed by atoms with Crippen molar-refractivity contribution < 1.29 is 9.90 Å². The van der Waals surface area contributed by atoms with E-state index in [1.165, 1.54) is 0 Å². The Morgan fingerprint density at radius 1 is 0.821 bits per heavy atom. The maximum atomic E-state index is 13.2. The number of aliphatic hydroxyl groups excluding tert-OH is 1. The molecule has 39 heavy (non-hydrogen) atoms. The van der Waals surface area contributed by atoms with Gasteiger partial charge < -0.3 is 10.0 Å². The second kappa shape index (κ2) is 10.5. The first-order valence-corrected chi connectivity index (χ1v) is 12.9. The van der Waals surface area contributed by atoms with E-state index in [1.807, 2.05) is 105 Å². The zero-order chi connectivity index (χ0) is 26.8. The van der Waals surface area contributed by atoms with Crippen molar-refractivity contribution in [2.45, 2.75) is 6.23 Å². The highest BCUT2D eigenvalue weighted by molar-refractivity contribution is 5.94. The molecule has 1 N–H and O–H groups in total. The SMILES string of the molecule is N#Cc1ccc(-c2cnc3ccc(-c4ccc(C(=O)N5CCN(C(O)c6ccccc6)CC5)cc4)cn23)cc1. The van der Waals surface area contributed by atoms with E-state index in [0.717, 1.165) is 33.6 Å². The van der Waals surface area contributed by atoms with Gasteiger partial charge in [0.25, 0.3) is 5.91 Å². The highest BCUT2D eigenvalue weighted by Crippen LogP contribution is 2.26. The Hall–Kier alpha value is -4.77.